The fraction of sp³-hybridized carbons (Fsp3) is 0.833. The van der Waals surface area contributed by atoms with Crippen LogP contribution in [0.1, 0.15) is 19.3 Å². The molecule has 3 amide bonds. The quantitative estimate of drug-likeness (QED) is 0.589. The highest BCUT2D eigenvalue weighted by atomic mass is 16.2. The van der Waals surface area contributed by atoms with Gasteiger partial charge in [0.2, 0.25) is 5.91 Å². The Kier molecular flexibility index (Phi) is 4.73. The van der Waals surface area contributed by atoms with Gasteiger partial charge in [0, 0.05) is 25.2 Å². The lowest BCUT2D eigenvalue weighted by Crippen LogP contribution is -2.47. The second kappa shape index (κ2) is 6.31. The van der Waals surface area contributed by atoms with Crippen molar-refractivity contribution in [3.63, 3.8) is 0 Å². The van der Waals surface area contributed by atoms with Crippen molar-refractivity contribution in [2.45, 2.75) is 31.3 Å². The Morgan fingerprint density at radius 2 is 1.84 bits per heavy atom. The summed E-state index contributed by atoms with van der Waals surface area (Å²) in [5.74, 6) is -0.325. The number of amides is 3. The molecule has 2 aliphatic heterocycles. The monoisotopic (exact) mass is 269 g/mol. The summed E-state index contributed by atoms with van der Waals surface area (Å²) in [4.78, 5) is 26.6. The van der Waals surface area contributed by atoms with Crippen molar-refractivity contribution >= 4 is 11.9 Å². The highest BCUT2D eigenvalue weighted by molar-refractivity contribution is 5.94. The van der Waals surface area contributed by atoms with E-state index in [1.807, 2.05) is 0 Å². The number of primary amides is 1. The number of nitrogens with zero attached hydrogens (tertiary/aromatic N) is 2. The molecule has 2 aliphatic rings. The minimum atomic E-state index is -0.786. The second-order valence-corrected chi connectivity index (χ2v) is 5.46. The molecule has 7 nitrogen and oxygen atoms in total. The van der Waals surface area contributed by atoms with E-state index in [0.29, 0.717) is 12.1 Å². The highest BCUT2D eigenvalue weighted by Crippen LogP contribution is 2.19. The predicted octanol–water partition coefficient (Wildman–Crippen LogP) is -1.32. The zero-order valence-electron chi connectivity index (χ0n) is 11.2. The van der Waals surface area contributed by atoms with Crippen LogP contribution in [-0.4, -0.2) is 66.5 Å². The normalized spacial score (nSPS) is 26.5. The number of hydrogen-bond donors (Lipinski definition) is 3. The van der Waals surface area contributed by atoms with Gasteiger partial charge in [0.05, 0.1) is 6.54 Å². The first-order valence-electron chi connectivity index (χ1n) is 6.86. The van der Waals surface area contributed by atoms with Crippen molar-refractivity contribution in [3.8, 4) is 0 Å². The van der Waals surface area contributed by atoms with Crippen LogP contribution in [-0.2, 0) is 4.79 Å². The molecule has 7 heteroatoms. The Bertz CT molecular complexity index is 341. The molecule has 2 heterocycles. The maximum atomic E-state index is 11.5. The van der Waals surface area contributed by atoms with Gasteiger partial charge in [-0.2, -0.15) is 0 Å². The molecule has 108 valence electrons. The molecule has 2 saturated heterocycles. The van der Waals surface area contributed by atoms with Crippen molar-refractivity contribution in [3.05, 3.63) is 0 Å². The highest BCUT2D eigenvalue weighted by Gasteiger charge is 2.30. The van der Waals surface area contributed by atoms with Crippen LogP contribution in [0.5, 0.6) is 0 Å². The summed E-state index contributed by atoms with van der Waals surface area (Å²) in [5.41, 5.74) is 10.8. The third kappa shape index (κ3) is 4.15. The van der Waals surface area contributed by atoms with Gasteiger partial charge in [-0.15, -0.1) is 0 Å². The van der Waals surface area contributed by atoms with Gasteiger partial charge in [-0.1, -0.05) is 0 Å². The number of likely N-dealkylation sites (tertiary alicyclic amines) is 2. The van der Waals surface area contributed by atoms with Gasteiger partial charge in [-0.05, 0) is 32.4 Å². The molecule has 0 spiro atoms. The zero-order chi connectivity index (χ0) is 13.8. The number of carbonyl (C=O) groups excluding carboxylic acids is 2. The molecule has 0 aromatic heterocycles. The van der Waals surface area contributed by atoms with Crippen molar-refractivity contribution in [2.24, 2.45) is 11.5 Å². The average Bonchev–Trinajstić information content (AvgIpc) is 2.77. The molecule has 2 rings (SSSR count). The van der Waals surface area contributed by atoms with Crippen LogP contribution in [0.25, 0.3) is 0 Å². The second-order valence-electron chi connectivity index (χ2n) is 5.46. The number of hydrogen-bond acceptors (Lipinski definition) is 5. The molecular formula is C12H23N5O2. The molecule has 0 aromatic carbocycles. The fourth-order valence-corrected chi connectivity index (χ4v) is 2.92. The maximum absolute atomic E-state index is 11.5. The molecule has 0 radical (unpaired) electrons. The van der Waals surface area contributed by atoms with Gasteiger partial charge in [-0.3, -0.25) is 19.9 Å². The number of urea groups is 1. The third-order valence-electron chi connectivity index (χ3n) is 3.97. The van der Waals surface area contributed by atoms with Crippen molar-refractivity contribution in [1.29, 1.82) is 0 Å². The summed E-state index contributed by atoms with van der Waals surface area (Å²) >= 11 is 0. The van der Waals surface area contributed by atoms with E-state index >= 15 is 0 Å². The standard InChI is InChI=1S/C12H23N5O2/c13-9-1-5-17(6-2-9)10-3-4-16(7-10)8-11(18)15-12(14)19/h9-10H,1-8,13H2,(H3,14,15,18,19). The Balaban J connectivity index is 1.73. The number of rotatable bonds is 3. The van der Waals surface area contributed by atoms with E-state index in [9.17, 15) is 9.59 Å². The van der Waals surface area contributed by atoms with E-state index in [1.54, 1.807) is 0 Å². The molecule has 1 unspecified atom stereocenters. The summed E-state index contributed by atoms with van der Waals surface area (Å²) < 4.78 is 0. The summed E-state index contributed by atoms with van der Waals surface area (Å²) in [6.07, 6.45) is 3.18. The van der Waals surface area contributed by atoms with Crippen LogP contribution in [0.2, 0.25) is 0 Å². The van der Waals surface area contributed by atoms with Crippen molar-refractivity contribution in [2.75, 3.05) is 32.7 Å². The van der Waals surface area contributed by atoms with Crippen molar-refractivity contribution < 1.29 is 9.59 Å². The van der Waals surface area contributed by atoms with Gasteiger partial charge in [0.25, 0.3) is 0 Å². The van der Waals surface area contributed by atoms with Crippen LogP contribution >= 0.6 is 0 Å². The molecule has 0 aliphatic carbocycles. The minimum Gasteiger partial charge on any atom is -0.351 e. The van der Waals surface area contributed by atoms with Crippen LogP contribution < -0.4 is 16.8 Å². The summed E-state index contributed by atoms with van der Waals surface area (Å²) in [7, 11) is 0. The molecule has 0 aromatic rings. The summed E-state index contributed by atoms with van der Waals surface area (Å²) in [6.45, 7) is 4.11. The molecule has 5 N–H and O–H groups in total. The molecule has 19 heavy (non-hydrogen) atoms. The number of piperidine rings is 1. The molecule has 2 fully saturated rings. The largest absolute Gasteiger partial charge is 0.351 e. The lowest BCUT2D eigenvalue weighted by atomic mass is 10.0. The smallest absolute Gasteiger partial charge is 0.318 e. The minimum absolute atomic E-state index is 0.243. The van der Waals surface area contributed by atoms with Gasteiger partial charge >= 0.3 is 6.03 Å². The van der Waals surface area contributed by atoms with E-state index in [2.05, 4.69) is 15.1 Å². The topological polar surface area (TPSA) is 105 Å². The van der Waals surface area contributed by atoms with Gasteiger partial charge in [0.15, 0.2) is 0 Å². The van der Waals surface area contributed by atoms with E-state index in [-0.39, 0.29) is 12.5 Å². The van der Waals surface area contributed by atoms with Crippen LogP contribution in [0.15, 0.2) is 0 Å². The SMILES string of the molecule is NC(=O)NC(=O)CN1CCC(N2CCC(N)CC2)C1. The van der Waals surface area contributed by atoms with Gasteiger partial charge < -0.3 is 11.5 Å². The zero-order valence-corrected chi connectivity index (χ0v) is 11.2. The Hall–Kier alpha value is -1.18. The molecule has 0 saturated carbocycles. The first-order chi connectivity index (χ1) is 9.04. The lowest BCUT2D eigenvalue weighted by Gasteiger charge is -2.34. The molecule has 0 bridgehead atoms. The summed E-state index contributed by atoms with van der Waals surface area (Å²) in [5, 5.41) is 2.10. The van der Waals surface area contributed by atoms with Gasteiger partial charge in [0.1, 0.15) is 0 Å². The molecular weight excluding hydrogens is 246 g/mol. The number of carbonyl (C=O) groups is 2. The predicted molar refractivity (Wildman–Crippen MR) is 71.4 cm³/mol. The maximum Gasteiger partial charge on any atom is 0.318 e. The number of nitrogens with two attached hydrogens (primary N) is 2. The van der Waals surface area contributed by atoms with E-state index < -0.39 is 6.03 Å². The Morgan fingerprint density at radius 3 is 2.47 bits per heavy atom. The van der Waals surface area contributed by atoms with Crippen LogP contribution in [0.4, 0.5) is 4.79 Å². The summed E-state index contributed by atoms with van der Waals surface area (Å²) in [6, 6.07) is 0.0646. The van der Waals surface area contributed by atoms with Crippen LogP contribution in [0.3, 0.4) is 0 Å². The Labute approximate surface area is 113 Å². The van der Waals surface area contributed by atoms with Crippen molar-refractivity contribution in [1.82, 2.24) is 15.1 Å². The van der Waals surface area contributed by atoms with E-state index in [0.717, 1.165) is 45.4 Å². The fourth-order valence-electron chi connectivity index (χ4n) is 2.92. The first kappa shape index (κ1) is 14.2. The lowest BCUT2D eigenvalue weighted by molar-refractivity contribution is -0.120. The van der Waals surface area contributed by atoms with E-state index in [1.165, 1.54) is 0 Å². The van der Waals surface area contributed by atoms with Crippen LogP contribution in [0, 0.1) is 0 Å². The van der Waals surface area contributed by atoms with E-state index in [4.69, 9.17) is 11.5 Å². The Morgan fingerprint density at radius 1 is 1.16 bits per heavy atom. The molecule has 1 atom stereocenters. The first-order valence-corrected chi connectivity index (χ1v) is 6.86. The third-order valence-corrected chi connectivity index (χ3v) is 3.97. The number of imide groups is 1. The van der Waals surface area contributed by atoms with Gasteiger partial charge in [-0.25, -0.2) is 4.79 Å². The number of nitrogens with one attached hydrogen (secondary N) is 1. The average molecular weight is 269 g/mol.